The van der Waals surface area contributed by atoms with E-state index in [1.165, 1.54) is 6.07 Å². The van der Waals surface area contributed by atoms with E-state index in [2.05, 4.69) is 5.32 Å². The van der Waals surface area contributed by atoms with Gasteiger partial charge in [-0.15, -0.1) is 0 Å². The van der Waals surface area contributed by atoms with Crippen LogP contribution >= 0.6 is 23.2 Å². The van der Waals surface area contributed by atoms with Gasteiger partial charge >= 0.3 is 6.09 Å². The van der Waals surface area contributed by atoms with Crippen LogP contribution in [0.1, 0.15) is 17.2 Å². The first-order valence-electron chi connectivity index (χ1n) is 4.64. The maximum absolute atomic E-state index is 10.5. The smallest absolute Gasteiger partial charge is 0.404 e. The molecule has 4 nitrogen and oxygen atoms in total. The van der Waals surface area contributed by atoms with E-state index in [-0.39, 0.29) is 0 Å². The fraction of sp³-hybridized carbons (Fsp3) is 0.300. The third-order valence-electron chi connectivity index (χ3n) is 2.61. The molecule has 1 amide bonds. The minimum atomic E-state index is -1.17. The van der Waals surface area contributed by atoms with Crippen molar-refractivity contribution in [2.45, 2.75) is 18.6 Å². The van der Waals surface area contributed by atoms with Crippen molar-refractivity contribution in [1.29, 1.82) is 0 Å². The molecular formula is C10H9Cl2NO3. The summed E-state index contributed by atoms with van der Waals surface area (Å²) < 4.78 is 0. The van der Waals surface area contributed by atoms with Gasteiger partial charge in [-0.25, -0.2) is 4.79 Å². The van der Waals surface area contributed by atoms with Gasteiger partial charge in [0, 0.05) is 15.6 Å². The van der Waals surface area contributed by atoms with Crippen molar-refractivity contribution >= 4 is 29.3 Å². The molecule has 0 unspecified atom stereocenters. The van der Waals surface area contributed by atoms with Crippen LogP contribution in [0.25, 0.3) is 0 Å². The highest BCUT2D eigenvalue weighted by atomic mass is 35.5. The molecule has 0 saturated heterocycles. The number of carbonyl (C=O) groups is 1. The number of hydrogen-bond acceptors (Lipinski definition) is 2. The standard InChI is InChI=1S/C10H9Cl2NO3/c11-5-1-4-2-7(13-10(15)16)9(14)8(4)6(12)3-5/h1,3,7,9,13-14H,2H2,(H,15,16)/t7-,9-/m0/s1. The number of halogens is 2. The molecule has 0 saturated carbocycles. The summed E-state index contributed by atoms with van der Waals surface area (Å²) in [4.78, 5) is 10.5. The maximum atomic E-state index is 10.5. The van der Waals surface area contributed by atoms with E-state index < -0.39 is 18.2 Å². The fourth-order valence-corrected chi connectivity index (χ4v) is 2.62. The van der Waals surface area contributed by atoms with Crippen LogP contribution in [0.4, 0.5) is 4.79 Å². The Labute approximate surface area is 102 Å². The molecule has 1 aliphatic rings. The van der Waals surface area contributed by atoms with Gasteiger partial charge in [-0.3, -0.25) is 0 Å². The van der Waals surface area contributed by atoms with Crippen LogP contribution in [0.5, 0.6) is 0 Å². The molecule has 0 spiro atoms. The highest BCUT2D eigenvalue weighted by molar-refractivity contribution is 6.35. The monoisotopic (exact) mass is 261 g/mol. The van der Waals surface area contributed by atoms with Gasteiger partial charge in [-0.2, -0.15) is 0 Å². The van der Waals surface area contributed by atoms with Crippen molar-refractivity contribution in [3.63, 3.8) is 0 Å². The van der Waals surface area contributed by atoms with E-state index in [1.54, 1.807) is 6.07 Å². The van der Waals surface area contributed by atoms with Crippen LogP contribution in [0.3, 0.4) is 0 Å². The van der Waals surface area contributed by atoms with Crippen molar-refractivity contribution in [3.8, 4) is 0 Å². The van der Waals surface area contributed by atoms with E-state index in [1.807, 2.05) is 0 Å². The van der Waals surface area contributed by atoms with Crippen molar-refractivity contribution in [2.24, 2.45) is 0 Å². The summed E-state index contributed by atoms with van der Waals surface area (Å²) in [5.41, 5.74) is 1.34. The molecule has 3 N–H and O–H groups in total. The van der Waals surface area contributed by atoms with Gasteiger partial charge in [-0.05, 0) is 24.1 Å². The lowest BCUT2D eigenvalue weighted by Crippen LogP contribution is -2.36. The van der Waals surface area contributed by atoms with Gasteiger partial charge in [-0.1, -0.05) is 23.2 Å². The first-order chi connectivity index (χ1) is 7.49. The number of carboxylic acid groups (broad SMARTS) is 1. The summed E-state index contributed by atoms with van der Waals surface area (Å²) in [6, 6.07) is 2.66. The van der Waals surface area contributed by atoms with Crippen molar-refractivity contribution in [1.82, 2.24) is 5.32 Å². The highest BCUT2D eigenvalue weighted by Gasteiger charge is 2.34. The van der Waals surface area contributed by atoms with Crippen molar-refractivity contribution < 1.29 is 15.0 Å². The Kier molecular flexibility index (Phi) is 2.97. The van der Waals surface area contributed by atoms with Gasteiger partial charge in [0.05, 0.1) is 6.04 Å². The second-order valence-corrected chi connectivity index (χ2v) is 4.51. The summed E-state index contributed by atoms with van der Waals surface area (Å²) in [6.45, 7) is 0. The normalized spacial score (nSPS) is 22.9. The van der Waals surface area contributed by atoms with Gasteiger partial charge < -0.3 is 15.5 Å². The minimum Gasteiger partial charge on any atom is -0.465 e. The minimum absolute atomic E-state index is 0.365. The number of hydrogen-bond donors (Lipinski definition) is 3. The maximum Gasteiger partial charge on any atom is 0.404 e. The Morgan fingerprint density at radius 2 is 2.12 bits per heavy atom. The zero-order valence-corrected chi connectivity index (χ0v) is 9.59. The predicted octanol–water partition coefficient (Wildman–Crippen LogP) is 2.22. The van der Waals surface area contributed by atoms with Crippen LogP contribution in [0.2, 0.25) is 10.0 Å². The largest absolute Gasteiger partial charge is 0.465 e. The molecule has 0 aromatic heterocycles. The number of amides is 1. The Balaban J connectivity index is 2.34. The SMILES string of the molecule is O=C(O)N[C@H]1Cc2cc(Cl)cc(Cl)c2[C@H]1O. The first kappa shape index (κ1) is 11.5. The zero-order chi connectivity index (χ0) is 11.9. The number of rotatable bonds is 1. The molecule has 86 valence electrons. The number of fused-ring (bicyclic) bond motifs is 1. The Morgan fingerprint density at radius 1 is 1.44 bits per heavy atom. The van der Waals surface area contributed by atoms with E-state index in [0.29, 0.717) is 22.0 Å². The molecule has 0 aliphatic heterocycles. The molecular weight excluding hydrogens is 253 g/mol. The second kappa shape index (κ2) is 4.13. The molecule has 1 aromatic carbocycles. The number of aliphatic hydroxyl groups is 1. The van der Waals surface area contributed by atoms with Crippen LogP contribution in [0.15, 0.2) is 12.1 Å². The van der Waals surface area contributed by atoms with Crippen molar-refractivity contribution in [2.75, 3.05) is 0 Å². The van der Waals surface area contributed by atoms with E-state index in [4.69, 9.17) is 28.3 Å². The van der Waals surface area contributed by atoms with Crippen molar-refractivity contribution in [3.05, 3.63) is 33.3 Å². The third kappa shape index (κ3) is 1.96. The van der Waals surface area contributed by atoms with Gasteiger partial charge in [0.2, 0.25) is 0 Å². The predicted molar refractivity (Wildman–Crippen MR) is 60.1 cm³/mol. The topological polar surface area (TPSA) is 69.6 Å². The molecule has 1 aliphatic carbocycles. The Bertz CT molecular complexity index is 450. The van der Waals surface area contributed by atoms with Crippen LogP contribution in [-0.2, 0) is 6.42 Å². The zero-order valence-electron chi connectivity index (χ0n) is 8.08. The Morgan fingerprint density at radius 3 is 2.75 bits per heavy atom. The summed E-state index contributed by atoms with van der Waals surface area (Å²) in [6.07, 6.45) is -1.70. The molecule has 1 aromatic rings. The molecule has 2 rings (SSSR count). The summed E-state index contributed by atoms with van der Waals surface area (Å²) >= 11 is 11.8. The third-order valence-corrected chi connectivity index (χ3v) is 3.14. The molecule has 6 heteroatoms. The fourth-order valence-electron chi connectivity index (χ4n) is 1.98. The lowest BCUT2D eigenvalue weighted by atomic mass is 10.1. The Hall–Kier alpha value is -0.970. The second-order valence-electron chi connectivity index (χ2n) is 3.67. The van der Waals surface area contributed by atoms with Gasteiger partial charge in [0.1, 0.15) is 6.10 Å². The van der Waals surface area contributed by atoms with Crippen LogP contribution in [0, 0.1) is 0 Å². The van der Waals surface area contributed by atoms with Crippen LogP contribution in [-0.4, -0.2) is 22.3 Å². The van der Waals surface area contributed by atoms with Gasteiger partial charge in [0.25, 0.3) is 0 Å². The highest BCUT2D eigenvalue weighted by Crippen LogP contribution is 2.38. The van der Waals surface area contributed by atoms with E-state index >= 15 is 0 Å². The summed E-state index contributed by atoms with van der Waals surface area (Å²) in [5.74, 6) is 0. The molecule has 0 fully saturated rings. The van der Waals surface area contributed by atoms with Gasteiger partial charge in [0.15, 0.2) is 0 Å². The average molecular weight is 262 g/mol. The quantitative estimate of drug-likeness (QED) is 0.726. The number of nitrogens with one attached hydrogen (secondary N) is 1. The first-order valence-corrected chi connectivity index (χ1v) is 5.40. The van der Waals surface area contributed by atoms with E-state index in [9.17, 15) is 9.90 Å². The van der Waals surface area contributed by atoms with Crippen LogP contribution < -0.4 is 5.32 Å². The molecule has 16 heavy (non-hydrogen) atoms. The average Bonchev–Trinajstić information content (AvgIpc) is 2.41. The number of benzene rings is 1. The lowest BCUT2D eigenvalue weighted by molar-refractivity contribution is 0.131. The summed E-state index contributed by atoms with van der Waals surface area (Å²) in [7, 11) is 0. The summed E-state index contributed by atoms with van der Waals surface area (Å²) in [5, 5.41) is 21.6. The molecule has 0 heterocycles. The molecule has 0 radical (unpaired) electrons. The molecule has 0 bridgehead atoms. The molecule has 2 atom stereocenters. The number of aliphatic hydroxyl groups excluding tert-OH is 1. The lowest BCUT2D eigenvalue weighted by Gasteiger charge is -2.14. The van der Waals surface area contributed by atoms with E-state index in [0.717, 1.165) is 5.56 Å².